The highest BCUT2D eigenvalue weighted by Gasteiger charge is 2.32. The molecule has 0 aromatic heterocycles. The van der Waals surface area contributed by atoms with Crippen LogP contribution in [0.4, 0.5) is 4.79 Å². The van der Waals surface area contributed by atoms with Gasteiger partial charge in [0.15, 0.2) is 0 Å². The summed E-state index contributed by atoms with van der Waals surface area (Å²) in [5.41, 5.74) is 1.13. The van der Waals surface area contributed by atoms with E-state index in [-0.39, 0.29) is 0 Å². The Bertz CT molecular complexity index is 787. The number of nitrogens with one attached hydrogen (secondary N) is 2. The van der Waals surface area contributed by atoms with Gasteiger partial charge in [-0.3, -0.25) is 15.0 Å². The number of imide groups is 1. The fraction of sp³-hybridized carbons (Fsp3) is 0.579. The summed E-state index contributed by atoms with van der Waals surface area (Å²) in [5.74, 6) is -0.0148. The molecule has 28 heavy (non-hydrogen) atoms. The van der Waals surface area contributed by atoms with Crippen LogP contribution in [-0.4, -0.2) is 68.8 Å². The van der Waals surface area contributed by atoms with Crippen molar-refractivity contribution in [3.8, 4) is 0 Å². The summed E-state index contributed by atoms with van der Waals surface area (Å²) < 4.78 is 27.3. The van der Waals surface area contributed by atoms with Crippen LogP contribution in [0.2, 0.25) is 0 Å². The maximum absolute atomic E-state index is 12.9. The summed E-state index contributed by atoms with van der Waals surface area (Å²) in [4.78, 5) is 25.5. The first-order valence-electron chi connectivity index (χ1n) is 9.57. The summed E-state index contributed by atoms with van der Waals surface area (Å²) in [6, 6.07) is 6.02. The predicted octanol–water partition coefficient (Wildman–Crippen LogP) is 1.35. The zero-order valence-corrected chi connectivity index (χ0v) is 17.8. The van der Waals surface area contributed by atoms with Gasteiger partial charge in [-0.1, -0.05) is 26.0 Å². The molecule has 0 unspecified atom stereocenters. The monoisotopic (exact) mass is 410 g/mol. The van der Waals surface area contributed by atoms with Crippen LogP contribution in [-0.2, 0) is 14.8 Å². The van der Waals surface area contributed by atoms with Crippen LogP contribution >= 0.6 is 0 Å². The molecule has 2 rings (SSSR count). The van der Waals surface area contributed by atoms with E-state index in [4.69, 9.17) is 0 Å². The Morgan fingerprint density at radius 1 is 1.07 bits per heavy atom. The van der Waals surface area contributed by atoms with Crippen molar-refractivity contribution in [3.05, 3.63) is 29.8 Å². The van der Waals surface area contributed by atoms with Crippen molar-refractivity contribution in [2.24, 2.45) is 0 Å². The molecule has 0 radical (unpaired) electrons. The van der Waals surface area contributed by atoms with Crippen molar-refractivity contribution < 1.29 is 18.0 Å². The van der Waals surface area contributed by atoms with Gasteiger partial charge in [0.1, 0.15) is 0 Å². The average Bonchev–Trinajstić information content (AvgIpc) is 2.72. The molecule has 1 heterocycles. The van der Waals surface area contributed by atoms with Crippen LogP contribution < -0.4 is 10.6 Å². The number of hydrogen-bond acceptors (Lipinski definition) is 5. The van der Waals surface area contributed by atoms with Crippen LogP contribution in [0.25, 0.3) is 0 Å². The SMILES string of the molecule is CC[C@@H](C)c1ccc(S(=O)(=O)N2CCN([C@H](C)C(=O)NC(=O)NC)CC2)cc1. The van der Waals surface area contributed by atoms with Gasteiger partial charge in [-0.05, 0) is 37.0 Å². The van der Waals surface area contributed by atoms with Gasteiger partial charge < -0.3 is 5.32 Å². The van der Waals surface area contributed by atoms with Gasteiger partial charge in [-0.2, -0.15) is 4.31 Å². The number of hydrogen-bond donors (Lipinski definition) is 2. The van der Waals surface area contributed by atoms with Gasteiger partial charge in [-0.25, -0.2) is 13.2 Å². The molecular formula is C19H30N4O4S. The molecule has 1 aliphatic rings. The number of benzene rings is 1. The van der Waals surface area contributed by atoms with Crippen molar-refractivity contribution in [1.82, 2.24) is 19.8 Å². The Kier molecular flexibility index (Phi) is 7.56. The minimum atomic E-state index is -3.56. The lowest BCUT2D eigenvalue weighted by molar-refractivity contribution is -0.125. The molecular weight excluding hydrogens is 380 g/mol. The van der Waals surface area contributed by atoms with E-state index in [9.17, 15) is 18.0 Å². The fourth-order valence-electron chi connectivity index (χ4n) is 3.13. The molecule has 1 fully saturated rings. The maximum atomic E-state index is 12.9. The number of carbonyl (C=O) groups excluding carboxylic acids is 2. The van der Waals surface area contributed by atoms with Gasteiger partial charge >= 0.3 is 6.03 Å². The quantitative estimate of drug-likeness (QED) is 0.738. The number of nitrogens with zero attached hydrogens (tertiary/aromatic N) is 2. The van der Waals surface area contributed by atoms with Gasteiger partial charge in [0.2, 0.25) is 15.9 Å². The Hall–Kier alpha value is -1.97. The summed E-state index contributed by atoms with van der Waals surface area (Å²) in [5, 5.41) is 4.59. The summed E-state index contributed by atoms with van der Waals surface area (Å²) >= 11 is 0. The number of carbonyl (C=O) groups is 2. The summed E-state index contributed by atoms with van der Waals surface area (Å²) in [6.07, 6.45) is 1.000. The van der Waals surface area contributed by atoms with E-state index < -0.39 is 28.0 Å². The maximum Gasteiger partial charge on any atom is 0.321 e. The van der Waals surface area contributed by atoms with E-state index in [1.165, 1.54) is 11.4 Å². The van der Waals surface area contributed by atoms with E-state index in [2.05, 4.69) is 24.5 Å². The first-order chi connectivity index (χ1) is 13.2. The summed E-state index contributed by atoms with van der Waals surface area (Å²) in [6.45, 7) is 7.37. The van der Waals surface area contributed by atoms with Gasteiger partial charge in [0.25, 0.3) is 0 Å². The Labute approximate surface area is 167 Å². The standard InChI is InChI=1S/C19H30N4O4S/c1-5-14(2)16-6-8-17(9-7-16)28(26,27)23-12-10-22(11-13-23)15(3)18(24)21-19(25)20-4/h6-9,14-15H,5,10-13H2,1-4H3,(H2,20,21,24,25)/t14-,15-/m1/s1. The largest absolute Gasteiger partial charge is 0.341 e. The van der Waals surface area contributed by atoms with Crippen molar-refractivity contribution in [2.45, 2.75) is 44.0 Å². The van der Waals surface area contributed by atoms with Crippen LogP contribution in [0.5, 0.6) is 0 Å². The lowest BCUT2D eigenvalue weighted by Gasteiger charge is -2.36. The molecule has 156 valence electrons. The van der Waals surface area contributed by atoms with E-state index in [0.717, 1.165) is 12.0 Å². The van der Waals surface area contributed by atoms with E-state index in [0.29, 0.717) is 37.0 Å². The van der Waals surface area contributed by atoms with Crippen LogP contribution in [0.15, 0.2) is 29.2 Å². The highest BCUT2D eigenvalue weighted by atomic mass is 32.2. The number of amides is 3. The minimum absolute atomic E-state index is 0.290. The second kappa shape index (κ2) is 9.49. The third-order valence-electron chi connectivity index (χ3n) is 5.36. The molecule has 3 amide bonds. The molecule has 1 aromatic carbocycles. The third-order valence-corrected chi connectivity index (χ3v) is 7.28. The predicted molar refractivity (Wildman–Crippen MR) is 108 cm³/mol. The molecule has 1 aliphatic heterocycles. The summed E-state index contributed by atoms with van der Waals surface area (Å²) in [7, 11) is -2.12. The molecule has 1 aromatic rings. The topological polar surface area (TPSA) is 98.8 Å². The normalized spacial score (nSPS) is 18.3. The number of urea groups is 1. The second-order valence-corrected chi connectivity index (χ2v) is 9.00. The lowest BCUT2D eigenvalue weighted by atomic mass is 9.99. The van der Waals surface area contributed by atoms with E-state index >= 15 is 0 Å². The molecule has 8 nitrogen and oxygen atoms in total. The second-order valence-electron chi connectivity index (χ2n) is 7.06. The average molecular weight is 411 g/mol. The molecule has 0 spiro atoms. The molecule has 2 N–H and O–H groups in total. The first kappa shape index (κ1) is 22.3. The van der Waals surface area contributed by atoms with Crippen LogP contribution in [0.1, 0.15) is 38.7 Å². The van der Waals surface area contributed by atoms with Crippen molar-refractivity contribution in [1.29, 1.82) is 0 Å². The fourth-order valence-corrected chi connectivity index (χ4v) is 4.55. The van der Waals surface area contributed by atoms with Crippen molar-refractivity contribution in [3.63, 3.8) is 0 Å². The molecule has 2 atom stereocenters. The Morgan fingerprint density at radius 2 is 1.64 bits per heavy atom. The van der Waals surface area contributed by atoms with Crippen LogP contribution in [0.3, 0.4) is 0 Å². The zero-order chi connectivity index (χ0) is 20.9. The Morgan fingerprint density at radius 3 is 2.14 bits per heavy atom. The smallest absolute Gasteiger partial charge is 0.321 e. The van der Waals surface area contributed by atoms with Crippen LogP contribution in [0, 0.1) is 0 Å². The van der Waals surface area contributed by atoms with Gasteiger partial charge in [-0.15, -0.1) is 0 Å². The first-order valence-corrected chi connectivity index (χ1v) is 11.0. The van der Waals surface area contributed by atoms with Gasteiger partial charge in [0.05, 0.1) is 10.9 Å². The van der Waals surface area contributed by atoms with E-state index in [1.54, 1.807) is 19.1 Å². The molecule has 0 bridgehead atoms. The zero-order valence-electron chi connectivity index (χ0n) is 16.9. The number of piperazine rings is 1. The van der Waals surface area contributed by atoms with Gasteiger partial charge in [0, 0.05) is 33.2 Å². The Balaban J connectivity index is 1.99. The lowest BCUT2D eigenvalue weighted by Crippen LogP contribution is -2.56. The third kappa shape index (κ3) is 5.09. The molecule has 0 saturated carbocycles. The van der Waals surface area contributed by atoms with E-state index in [1.807, 2.05) is 17.0 Å². The highest BCUT2D eigenvalue weighted by molar-refractivity contribution is 7.89. The minimum Gasteiger partial charge on any atom is -0.341 e. The molecule has 9 heteroatoms. The molecule has 0 aliphatic carbocycles. The van der Waals surface area contributed by atoms with Crippen molar-refractivity contribution >= 4 is 22.0 Å². The number of rotatable bonds is 6. The number of sulfonamides is 1. The molecule has 1 saturated heterocycles. The van der Waals surface area contributed by atoms with Crippen molar-refractivity contribution in [2.75, 3.05) is 33.2 Å². The highest BCUT2D eigenvalue weighted by Crippen LogP contribution is 2.23.